The van der Waals surface area contributed by atoms with Crippen LogP contribution in [-0.4, -0.2) is 30.6 Å². The number of ether oxygens (including phenoxy) is 2. The van der Waals surface area contributed by atoms with E-state index >= 15 is 0 Å². The average Bonchev–Trinajstić information content (AvgIpc) is 2.77. The molecule has 0 radical (unpaired) electrons. The van der Waals surface area contributed by atoms with Crippen molar-refractivity contribution in [3.05, 3.63) is 76.9 Å². The summed E-state index contributed by atoms with van der Waals surface area (Å²) < 4.78 is 11.3. The molecule has 0 saturated carbocycles. The summed E-state index contributed by atoms with van der Waals surface area (Å²) in [7, 11) is 0. The number of nitrogens with one attached hydrogen (secondary N) is 2. The average molecular weight is 440 g/mol. The molecule has 3 rings (SSSR count). The molecule has 3 aromatic rings. The Morgan fingerprint density at radius 3 is 2.48 bits per heavy atom. The summed E-state index contributed by atoms with van der Waals surface area (Å²) in [6, 6.07) is 16.5. The van der Waals surface area contributed by atoms with Gasteiger partial charge in [-0.25, -0.2) is 4.98 Å². The van der Waals surface area contributed by atoms with Gasteiger partial charge in [-0.15, -0.1) is 0 Å². The van der Waals surface area contributed by atoms with Crippen LogP contribution in [0.2, 0.25) is 5.02 Å². The van der Waals surface area contributed by atoms with E-state index in [0.717, 1.165) is 22.7 Å². The Bertz CT molecular complexity index is 1010. The minimum atomic E-state index is -0.194. The van der Waals surface area contributed by atoms with Gasteiger partial charge in [0.2, 0.25) is 0 Å². The van der Waals surface area contributed by atoms with Crippen LogP contribution in [0.3, 0.4) is 0 Å². The maximum absolute atomic E-state index is 12.8. The van der Waals surface area contributed by atoms with Crippen molar-refractivity contribution in [3.8, 4) is 11.5 Å². The Balaban J connectivity index is 1.62. The molecular formula is C24H26ClN3O3. The Morgan fingerprint density at radius 2 is 1.74 bits per heavy atom. The minimum Gasteiger partial charge on any atom is -0.490 e. The van der Waals surface area contributed by atoms with Crippen LogP contribution in [0.1, 0.15) is 29.8 Å². The molecule has 0 fully saturated rings. The van der Waals surface area contributed by atoms with E-state index in [1.807, 2.05) is 44.2 Å². The van der Waals surface area contributed by atoms with Gasteiger partial charge in [0.15, 0.2) is 11.5 Å². The van der Waals surface area contributed by atoms with Gasteiger partial charge in [0.1, 0.15) is 5.82 Å². The highest BCUT2D eigenvalue weighted by Gasteiger charge is 2.13. The molecule has 31 heavy (non-hydrogen) atoms. The highest BCUT2D eigenvalue weighted by Crippen LogP contribution is 2.28. The molecule has 1 heterocycles. The molecule has 162 valence electrons. The predicted octanol–water partition coefficient (Wildman–Crippen LogP) is 5.25. The summed E-state index contributed by atoms with van der Waals surface area (Å²) in [4.78, 5) is 17.1. The van der Waals surface area contributed by atoms with Gasteiger partial charge in [0, 0.05) is 23.5 Å². The lowest BCUT2D eigenvalue weighted by molar-refractivity contribution is 0.0954. The number of hydrogen-bond acceptors (Lipinski definition) is 5. The second-order valence-corrected chi connectivity index (χ2v) is 7.12. The summed E-state index contributed by atoms with van der Waals surface area (Å²) in [6.07, 6.45) is 2.31. The molecule has 0 aliphatic rings. The predicted molar refractivity (Wildman–Crippen MR) is 124 cm³/mol. The molecular weight excluding hydrogens is 414 g/mol. The molecule has 7 heteroatoms. The van der Waals surface area contributed by atoms with E-state index in [1.54, 1.807) is 30.5 Å². The lowest BCUT2D eigenvalue weighted by atomic mass is 10.1. The number of carbonyl (C=O) groups is 1. The molecule has 0 saturated heterocycles. The Kier molecular flexibility index (Phi) is 8.12. The molecule has 0 aliphatic carbocycles. The van der Waals surface area contributed by atoms with Crippen molar-refractivity contribution in [1.29, 1.82) is 0 Å². The van der Waals surface area contributed by atoms with E-state index in [4.69, 9.17) is 21.1 Å². The Hall–Kier alpha value is -3.25. The fourth-order valence-corrected chi connectivity index (χ4v) is 3.15. The minimum absolute atomic E-state index is 0.194. The number of nitrogens with zero attached hydrogens (tertiary/aromatic N) is 1. The van der Waals surface area contributed by atoms with Crippen LogP contribution >= 0.6 is 11.6 Å². The molecule has 0 spiro atoms. The zero-order chi connectivity index (χ0) is 22.1. The van der Waals surface area contributed by atoms with Crippen LogP contribution in [0.5, 0.6) is 11.5 Å². The van der Waals surface area contributed by atoms with Crippen LogP contribution in [0.25, 0.3) is 0 Å². The summed E-state index contributed by atoms with van der Waals surface area (Å²) in [5, 5.41) is 6.77. The van der Waals surface area contributed by atoms with Crippen molar-refractivity contribution in [2.45, 2.75) is 20.3 Å². The van der Waals surface area contributed by atoms with Gasteiger partial charge in [-0.1, -0.05) is 17.7 Å². The van der Waals surface area contributed by atoms with Crippen molar-refractivity contribution in [1.82, 2.24) is 10.3 Å². The topological polar surface area (TPSA) is 72.5 Å². The standard InChI is InChI=1S/C24H26ClN3O3/c1-3-30-21-12-7-17(16-22(21)31-4-2)13-15-27-24(29)20-6-5-14-26-23(20)28-19-10-8-18(25)9-11-19/h5-12,14,16H,3-4,13,15H2,1-2H3,(H,26,28)(H,27,29). The van der Waals surface area contributed by atoms with Gasteiger partial charge in [-0.3, -0.25) is 4.79 Å². The number of aromatic nitrogens is 1. The number of anilines is 2. The molecule has 2 N–H and O–H groups in total. The lowest BCUT2D eigenvalue weighted by Crippen LogP contribution is -2.26. The van der Waals surface area contributed by atoms with Gasteiger partial charge in [-0.05, 0) is 74.4 Å². The van der Waals surface area contributed by atoms with E-state index in [9.17, 15) is 4.79 Å². The lowest BCUT2D eigenvalue weighted by Gasteiger charge is -2.13. The van der Waals surface area contributed by atoms with Crippen molar-refractivity contribution < 1.29 is 14.3 Å². The normalized spacial score (nSPS) is 10.4. The first-order valence-electron chi connectivity index (χ1n) is 10.2. The van der Waals surface area contributed by atoms with E-state index in [0.29, 0.717) is 42.6 Å². The number of rotatable bonds is 10. The third-order valence-electron chi connectivity index (χ3n) is 4.47. The Labute approximate surface area is 187 Å². The largest absolute Gasteiger partial charge is 0.490 e. The quantitative estimate of drug-likeness (QED) is 0.451. The number of hydrogen-bond donors (Lipinski definition) is 2. The van der Waals surface area contributed by atoms with Crippen molar-refractivity contribution >= 4 is 29.0 Å². The number of pyridine rings is 1. The number of benzene rings is 2. The number of halogens is 1. The van der Waals surface area contributed by atoms with Gasteiger partial charge >= 0.3 is 0 Å². The molecule has 0 aliphatic heterocycles. The van der Waals surface area contributed by atoms with Gasteiger partial charge in [-0.2, -0.15) is 0 Å². The van der Waals surface area contributed by atoms with Crippen molar-refractivity contribution in [2.24, 2.45) is 0 Å². The summed E-state index contributed by atoms with van der Waals surface area (Å²) in [5.41, 5.74) is 2.33. The van der Waals surface area contributed by atoms with E-state index in [-0.39, 0.29) is 5.91 Å². The highest BCUT2D eigenvalue weighted by atomic mass is 35.5. The fourth-order valence-electron chi connectivity index (χ4n) is 3.02. The number of amides is 1. The SMILES string of the molecule is CCOc1ccc(CCNC(=O)c2cccnc2Nc2ccc(Cl)cc2)cc1OCC. The van der Waals surface area contributed by atoms with E-state index in [2.05, 4.69) is 15.6 Å². The second-order valence-electron chi connectivity index (χ2n) is 6.68. The molecule has 6 nitrogen and oxygen atoms in total. The summed E-state index contributed by atoms with van der Waals surface area (Å²) >= 11 is 5.93. The first-order chi connectivity index (χ1) is 15.1. The van der Waals surface area contributed by atoms with Crippen LogP contribution in [0, 0.1) is 0 Å². The van der Waals surface area contributed by atoms with Crippen LogP contribution in [0.15, 0.2) is 60.8 Å². The van der Waals surface area contributed by atoms with Crippen LogP contribution in [-0.2, 0) is 6.42 Å². The molecule has 1 aromatic heterocycles. The first kappa shape index (κ1) is 22.4. The molecule has 2 aromatic carbocycles. The smallest absolute Gasteiger partial charge is 0.255 e. The van der Waals surface area contributed by atoms with Crippen LogP contribution in [0.4, 0.5) is 11.5 Å². The van der Waals surface area contributed by atoms with Gasteiger partial charge < -0.3 is 20.1 Å². The third kappa shape index (κ3) is 6.36. The molecule has 0 bridgehead atoms. The van der Waals surface area contributed by atoms with Crippen molar-refractivity contribution in [3.63, 3.8) is 0 Å². The maximum Gasteiger partial charge on any atom is 0.255 e. The second kappa shape index (κ2) is 11.2. The molecule has 0 unspecified atom stereocenters. The number of carbonyl (C=O) groups excluding carboxylic acids is 1. The first-order valence-corrected chi connectivity index (χ1v) is 10.6. The van der Waals surface area contributed by atoms with E-state index < -0.39 is 0 Å². The monoisotopic (exact) mass is 439 g/mol. The Morgan fingerprint density at radius 1 is 1.00 bits per heavy atom. The zero-order valence-corrected chi connectivity index (χ0v) is 18.4. The fraction of sp³-hybridized carbons (Fsp3) is 0.250. The summed E-state index contributed by atoms with van der Waals surface area (Å²) in [6.45, 7) is 5.49. The zero-order valence-electron chi connectivity index (χ0n) is 17.7. The van der Waals surface area contributed by atoms with Gasteiger partial charge in [0.05, 0.1) is 18.8 Å². The highest BCUT2D eigenvalue weighted by molar-refractivity contribution is 6.30. The van der Waals surface area contributed by atoms with Crippen molar-refractivity contribution in [2.75, 3.05) is 25.1 Å². The third-order valence-corrected chi connectivity index (χ3v) is 4.72. The van der Waals surface area contributed by atoms with Crippen LogP contribution < -0.4 is 20.1 Å². The molecule has 0 atom stereocenters. The molecule has 1 amide bonds. The maximum atomic E-state index is 12.8. The van der Waals surface area contributed by atoms with E-state index in [1.165, 1.54) is 0 Å². The van der Waals surface area contributed by atoms with Gasteiger partial charge in [0.25, 0.3) is 5.91 Å². The summed E-state index contributed by atoms with van der Waals surface area (Å²) in [5.74, 6) is 1.74.